The number of anilines is 1. The molecule has 1 aromatic carbocycles. The first kappa shape index (κ1) is 13.1. The van der Waals surface area contributed by atoms with E-state index in [2.05, 4.69) is 71.8 Å². The molecule has 2 heterocycles. The van der Waals surface area contributed by atoms with Gasteiger partial charge in [0.25, 0.3) is 0 Å². The Bertz CT molecular complexity index is 724. The summed E-state index contributed by atoms with van der Waals surface area (Å²) in [6.45, 7) is 0.698. The molecule has 3 rings (SSSR count). The van der Waals surface area contributed by atoms with Gasteiger partial charge in [0.05, 0.1) is 12.2 Å². The van der Waals surface area contributed by atoms with Crippen LogP contribution < -0.4 is 5.32 Å². The molecule has 0 aliphatic carbocycles. The van der Waals surface area contributed by atoms with Gasteiger partial charge in [0.15, 0.2) is 0 Å². The minimum atomic E-state index is 0.698. The SMILES string of the molecule is Brc1cnc(CNc2ccc3sccc3c2)c(Br)c1. The summed E-state index contributed by atoms with van der Waals surface area (Å²) in [5, 5.41) is 6.79. The van der Waals surface area contributed by atoms with E-state index in [4.69, 9.17) is 0 Å². The molecule has 0 spiro atoms. The van der Waals surface area contributed by atoms with E-state index in [-0.39, 0.29) is 0 Å². The highest BCUT2D eigenvalue weighted by Crippen LogP contribution is 2.25. The number of benzene rings is 1. The Morgan fingerprint density at radius 2 is 2.05 bits per heavy atom. The largest absolute Gasteiger partial charge is 0.379 e. The summed E-state index contributed by atoms with van der Waals surface area (Å²) in [5.41, 5.74) is 2.11. The molecule has 0 unspecified atom stereocenters. The topological polar surface area (TPSA) is 24.9 Å². The molecule has 0 atom stereocenters. The molecule has 96 valence electrons. The van der Waals surface area contributed by atoms with Crippen LogP contribution in [-0.2, 0) is 6.54 Å². The number of thiophene rings is 1. The van der Waals surface area contributed by atoms with Crippen LogP contribution in [-0.4, -0.2) is 4.98 Å². The fraction of sp³-hybridized carbons (Fsp3) is 0.0714. The van der Waals surface area contributed by atoms with E-state index >= 15 is 0 Å². The lowest BCUT2D eigenvalue weighted by atomic mass is 10.2. The maximum absolute atomic E-state index is 4.39. The highest BCUT2D eigenvalue weighted by Gasteiger charge is 2.03. The van der Waals surface area contributed by atoms with E-state index in [9.17, 15) is 0 Å². The summed E-state index contributed by atoms with van der Waals surface area (Å²) < 4.78 is 3.29. The number of nitrogens with zero attached hydrogens (tertiary/aromatic N) is 1. The highest BCUT2D eigenvalue weighted by atomic mass is 79.9. The Balaban J connectivity index is 1.77. The van der Waals surface area contributed by atoms with Gasteiger partial charge < -0.3 is 5.32 Å². The van der Waals surface area contributed by atoms with E-state index in [1.807, 2.05) is 12.3 Å². The van der Waals surface area contributed by atoms with Gasteiger partial charge in [-0.05, 0) is 73.0 Å². The van der Waals surface area contributed by atoms with Crippen LogP contribution in [0.5, 0.6) is 0 Å². The van der Waals surface area contributed by atoms with E-state index in [0.717, 1.165) is 20.3 Å². The number of aromatic nitrogens is 1. The molecular formula is C14H10Br2N2S. The molecule has 0 radical (unpaired) electrons. The van der Waals surface area contributed by atoms with E-state index in [1.165, 1.54) is 10.1 Å². The molecule has 0 bridgehead atoms. The number of rotatable bonds is 3. The second kappa shape index (κ2) is 5.61. The van der Waals surface area contributed by atoms with Crippen LogP contribution in [0.1, 0.15) is 5.69 Å². The Hall–Kier alpha value is -0.910. The third-order valence-electron chi connectivity index (χ3n) is 2.80. The summed E-state index contributed by atoms with van der Waals surface area (Å²) in [4.78, 5) is 4.39. The van der Waals surface area contributed by atoms with Crippen LogP contribution in [0.2, 0.25) is 0 Å². The smallest absolute Gasteiger partial charge is 0.0737 e. The monoisotopic (exact) mass is 396 g/mol. The molecule has 5 heteroatoms. The fourth-order valence-electron chi connectivity index (χ4n) is 1.84. The maximum Gasteiger partial charge on any atom is 0.0737 e. The normalized spacial score (nSPS) is 10.8. The lowest BCUT2D eigenvalue weighted by molar-refractivity contribution is 1.03. The highest BCUT2D eigenvalue weighted by molar-refractivity contribution is 9.11. The molecule has 1 N–H and O–H groups in total. The van der Waals surface area contributed by atoms with E-state index < -0.39 is 0 Å². The Labute approximate surface area is 132 Å². The molecular weight excluding hydrogens is 388 g/mol. The molecule has 2 nitrogen and oxygen atoms in total. The van der Waals surface area contributed by atoms with Crippen molar-refractivity contribution < 1.29 is 0 Å². The maximum atomic E-state index is 4.39. The summed E-state index contributed by atoms with van der Waals surface area (Å²) in [7, 11) is 0. The first-order chi connectivity index (χ1) is 9.22. The zero-order chi connectivity index (χ0) is 13.2. The molecule has 0 aliphatic heterocycles. The number of fused-ring (bicyclic) bond motifs is 1. The van der Waals surface area contributed by atoms with Crippen LogP contribution >= 0.6 is 43.2 Å². The zero-order valence-electron chi connectivity index (χ0n) is 9.86. The van der Waals surface area contributed by atoms with Gasteiger partial charge in [0, 0.05) is 25.5 Å². The third-order valence-corrected chi connectivity index (χ3v) is 4.81. The minimum absolute atomic E-state index is 0.698. The van der Waals surface area contributed by atoms with Crippen molar-refractivity contribution in [3.05, 3.63) is 56.5 Å². The minimum Gasteiger partial charge on any atom is -0.379 e. The predicted molar refractivity (Wildman–Crippen MR) is 88.8 cm³/mol. The van der Waals surface area contributed by atoms with Crippen molar-refractivity contribution in [2.24, 2.45) is 0 Å². The molecule has 0 saturated carbocycles. The second-order valence-electron chi connectivity index (χ2n) is 4.11. The fourth-order valence-corrected chi connectivity index (χ4v) is 3.73. The Morgan fingerprint density at radius 3 is 2.89 bits per heavy atom. The van der Waals surface area contributed by atoms with Crippen LogP contribution in [0.25, 0.3) is 10.1 Å². The van der Waals surface area contributed by atoms with Crippen molar-refractivity contribution in [1.82, 2.24) is 4.98 Å². The van der Waals surface area contributed by atoms with Crippen molar-refractivity contribution in [2.45, 2.75) is 6.54 Å². The molecule has 0 fully saturated rings. The number of nitrogens with one attached hydrogen (secondary N) is 1. The van der Waals surface area contributed by atoms with Crippen LogP contribution in [0, 0.1) is 0 Å². The van der Waals surface area contributed by atoms with Crippen LogP contribution in [0.4, 0.5) is 5.69 Å². The molecule has 19 heavy (non-hydrogen) atoms. The Morgan fingerprint density at radius 1 is 1.16 bits per heavy atom. The van der Waals surface area contributed by atoms with Crippen molar-refractivity contribution in [3.63, 3.8) is 0 Å². The lowest BCUT2D eigenvalue weighted by Crippen LogP contribution is -2.02. The summed E-state index contributed by atoms with van der Waals surface area (Å²) >= 11 is 8.69. The lowest BCUT2D eigenvalue weighted by Gasteiger charge is -2.08. The Kier molecular flexibility index (Phi) is 3.86. The number of pyridine rings is 1. The predicted octanol–water partition coefficient (Wildman–Crippen LogP) is 5.43. The van der Waals surface area contributed by atoms with Crippen molar-refractivity contribution in [1.29, 1.82) is 0 Å². The summed E-state index contributed by atoms with van der Waals surface area (Å²) in [6, 6.07) is 10.6. The average Bonchev–Trinajstić information content (AvgIpc) is 2.85. The quantitative estimate of drug-likeness (QED) is 0.636. The van der Waals surface area contributed by atoms with Crippen LogP contribution in [0.3, 0.4) is 0 Å². The van der Waals surface area contributed by atoms with E-state index in [0.29, 0.717) is 6.54 Å². The number of halogens is 2. The van der Waals surface area contributed by atoms with Gasteiger partial charge in [-0.2, -0.15) is 0 Å². The van der Waals surface area contributed by atoms with Gasteiger partial charge >= 0.3 is 0 Å². The van der Waals surface area contributed by atoms with Gasteiger partial charge in [0.1, 0.15) is 0 Å². The van der Waals surface area contributed by atoms with Crippen LogP contribution in [0.15, 0.2) is 50.9 Å². The number of hydrogen-bond acceptors (Lipinski definition) is 3. The molecule has 2 aromatic heterocycles. The first-order valence-electron chi connectivity index (χ1n) is 5.73. The van der Waals surface area contributed by atoms with Gasteiger partial charge in [0.2, 0.25) is 0 Å². The zero-order valence-corrected chi connectivity index (χ0v) is 13.8. The molecule has 0 saturated heterocycles. The van der Waals surface area contributed by atoms with Gasteiger partial charge in [-0.3, -0.25) is 4.98 Å². The standard InChI is InChI=1S/C14H10Br2N2S/c15-10-6-12(16)13(18-7-10)8-17-11-1-2-14-9(5-11)3-4-19-14/h1-7,17H,8H2. The molecule has 0 aliphatic rings. The van der Waals surface area contributed by atoms with Crippen molar-refractivity contribution in [3.8, 4) is 0 Å². The average molecular weight is 398 g/mol. The number of hydrogen-bond donors (Lipinski definition) is 1. The van der Waals surface area contributed by atoms with Gasteiger partial charge in [-0.1, -0.05) is 0 Å². The van der Waals surface area contributed by atoms with Gasteiger partial charge in [-0.15, -0.1) is 11.3 Å². The van der Waals surface area contributed by atoms with Gasteiger partial charge in [-0.25, -0.2) is 0 Å². The summed E-state index contributed by atoms with van der Waals surface area (Å²) in [5.74, 6) is 0. The van der Waals surface area contributed by atoms with Crippen molar-refractivity contribution in [2.75, 3.05) is 5.32 Å². The van der Waals surface area contributed by atoms with E-state index in [1.54, 1.807) is 11.3 Å². The molecule has 0 amide bonds. The van der Waals surface area contributed by atoms with Crippen molar-refractivity contribution >= 4 is 59.0 Å². The molecule has 3 aromatic rings. The summed E-state index contributed by atoms with van der Waals surface area (Å²) in [6.07, 6.45) is 1.81. The first-order valence-corrected chi connectivity index (χ1v) is 8.20. The third kappa shape index (κ3) is 2.99. The second-order valence-corrected chi connectivity index (χ2v) is 6.83.